The Bertz CT molecular complexity index is 456. The molecule has 0 aliphatic carbocycles. The van der Waals surface area contributed by atoms with Gasteiger partial charge >= 0.3 is 0 Å². The number of benzene rings is 1. The molecular weight excluding hydrogens is 287 g/mol. The Labute approximate surface area is 108 Å². The van der Waals surface area contributed by atoms with E-state index in [-0.39, 0.29) is 18.0 Å². The predicted molar refractivity (Wildman–Crippen MR) is 65.9 cm³/mol. The van der Waals surface area contributed by atoms with Crippen molar-refractivity contribution in [1.82, 2.24) is 4.90 Å². The first-order valence-corrected chi connectivity index (χ1v) is 6.00. The number of nitrogens with zero attached hydrogens (tertiary/aromatic N) is 2. The van der Waals surface area contributed by atoms with Crippen molar-refractivity contribution < 1.29 is 9.18 Å². The van der Waals surface area contributed by atoms with Gasteiger partial charge in [-0.3, -0.25) is 4.79 Å². The minimum Gasteiger partial charge on any atom is -0.325 e. The van der Waals surface area contributed by atoms with Crippen LogP contribution in [0.5, 0.6) is 0 Å². The summed E-state index contributed by atoms with van der Waals surface area (Å²) in [6.07, 6.45) is 0.750. The number of halogens is 2. The third-order valence-corrected chi connectivity index (χ3v) is 2.89. The van der Waals surface area contributed by atoms with E-state index in [0.717, 1.165) is 6.42 Å². The Kier molecular flexibility index (Phi) is 5.11. The highest BCUT2D eigenvalue weighted by Gasteiger charge is 2.17. The summed E-state index contributed by atoms with van der Waals surface area (Å²) in [7, 11) is 0. The molecule has 0 saturated heterocycles. The lowest BCUT2D eigenvalue weighted by Crippen LogP contribution is -2.32. The normalized spacial score (nSPS) is 9.76. The Morgan fingerprint density at radius 1 is 1.59 bits per heavy atom. The van der Waals surface area contributed by atoms with E-state index in [4.69, 9.17) is 5.26 Å². The fourth-order valence-electron chi connectivity index (χ4n) is 1.44. The minimum atomic E-state index is -0.468. The summed E-state index contributed by atoms with van der Waals surface area (Å²) in [6.45, 7) is 2.41. The molecule has 0 saturated carbocycles. The number of carbonyl (C=O) groups excluding carboxylic acids is 1. The molecule has 0 bridgehead atoms. The van der Waals surface area contributed by atoms with Crippen LogP contribution in [0.1, 0.15) is 23.7 Å². The predicted octanol–water partition coefficient (Wildman–Crippen LogP) is 2.96. The first kappa shape index (κ1) is 13.7. The molecule has 0 atom stereocenters. The maximum Gasteiger partial charge on any atom is 0.255 e. The lowest BCUT2D eigenvalue weighted by molar-refractivity contribution is 0.0774. The average Bonchev–Trinajstić information content (AvgIpc) is 2.31. The van der Waals surface area contributed by atoms with Gasteiger partial charge in [0.05, 0.1) is 11.6 Å². The molecule has 0 aliphatic rings. The molecule has 5 heteroatoms. The summed E-state index contributed by atoms with van der Waals surface area (Å²) >= 11 is 3.20. The van der Waals surface area contributed by atoms with Gasteiger partial charge in [-0.25, -0.2) is 4.39 Å². The minimum absolute atomic E-state index is 0.00955. The highest BCUT2D eigenvalue weighted by atomic mass is 79.9. The lowest BCUT2D eigenvalue weighted by atomic mass is 10.2. The van der Waals surface area contributed by atoms with Crippen molar-refractivity contribution in [2.45, 2.75) is 13.3 Å². The highest BCUT2D eigenvalue weighted by Crippen LogP contribution is 2.19. The molecule has 0 fully saturated rings. The topological polar surface area (TPSA) is 44.1 Å². The summed E-state index contributed by atoms with van der Waals surface area (Å²) in [6, 6.07) is 5.86. The van der Waals surface area contributed by atoms with Crippen molar-refractivity contribution in [3.63, 3.8) is 0 Å². The Morgan fingerprint density at radius 2 is 2.29 bits per heavy atom. The second-order valence-corrected chi connectivity index (χ2v) is 4.36. The van der Waals surface area contributed by atoms with E-state index in [0.29, 0.717) is 11.0 Å². The van der Waals surface area contributed by atoms with Crippen LogP contribution in [0.2, 0.25) is 0 Å². The summed E-state index contributed by atoms with van der Waals surface area (Å²) in [5, 5.41) is 8.65. The van der Waals surface area contributed by atoms with Crippen LogP contribution in [0.15, 0.2) is 22.7 Å². The molecule has 1 aromatic rings. The molecule has 1 amide bonds. The smallest absolute Gasteiger partial charge is 0.255 e. The molecule has 0 N–H and O–H groups in total. The zero-order valence-electron chi connectivity index (χ0n) is 9.41. The number of amides is 1. The molecule has 0 unspecified atom stereocenters. The maximum absolute atomic E-state index is 13.1. The summed E-state index contributed by atoms with van der Waals surface area (Å²) in [5.41, 5.74) is 0.244. The van der Waals surface area contributed by atoms with Crippen molar-refractivity contribution in [2.75, 3.05) is 13.1 Å². The molecule has 0 spiro atoms. The molecular formula is C12H12BrFN2O. The van der Waals surface area contributed by atoms with E-state index >= 15 is 0 Å². The Hall–Kier alpha value is -1.41. The SMILES string of the molecule is CCCN(CC#N)C(=O)c1cc(F)ccc1Br. The molecule has 0 radical (unpaired) electrons. The van der Waals surface area contributed by atoms with E-state index in [9.17, 15) is 9.18 Å². The van der Waals surface area contributed by atoms with Gasteiger partial charge in [-0.05, 0) is 40.5 Å². The van der Waals surface area contributed by atoms with E-state index in [1.807, 2.05) is 13.0 Å². The first-order valence-electron chi connectivity index (χ1n) is 5.21. The Morgan fingerprint density at radius 3 is 2.88 bits per heavy atom. The average molecular weight is 299 g/mol. The van der Waals surface area contributed by atoms with Crippen LogP contribution in [-0.2, 0) is 0 Å². The van der Waals surface area contributed by atoms with Crippen molar-refractivity contribution in [3.05, 3.63) is 34.1 Å². The number of hydrogen-bond acceptors (Lipinski definition) is 2. The van der Waals surface area contributed by atoms with Crippen LogP contribution in [0.25, 0.3) is 0 Å². The highest BCUT2D eigenvalue weighted by molar-refractivity contribution is 9.10. The van der Waals surface area contributed by atoms with Gasteiger partial charge in [0.25, 0.3) is 5.91 Å². The van der Waals surface area contributed by atoms with Crippen LogP contribution >= 0.6 is 15.9 Å². The molecule has 0 heterocycles. The quantitative estimate of drug-likeness (QED) is 0.802. The molecule has 17 heavy (non-hydrogen) atoms. The molecule has 90 valence electrons. The van der Waals surface area contributed by atoms with Crippen molar-refractivity contribution in [1.29, 1.82) is 5.26 Å². The fraction of sp³-hybridized carbons (Fsp3) is 0.333. The summed E-state index contributed by atoms with van der Waals surface area (Å²) in [5.74, 6) is -0.801. The van der Waals surface area contributed by atoms with Gasteiger partial charge in [-0.2, -0.15) is 5.26 Å². The monoisotopic (exact) mass is 298 g/mol. The number of nitriles is 1. The van der Waals surface area contributed by atoms with E-state index in [1.165, 1.54) is 23.1 Å². The van der Waals surface area contributed by atoms with E-state index < -0.39 is 5.82 Å². The van der Waals surface area contributed by atoms with Gasteiger partial charge in [-0.15, -0.1) is 0 Å². The maximum atomic E-state index is 13.1. The molecule has 0 aromatic heterocycles. The van der Waals surface area contributed by atoms with Crippen molar-refractivity contribution in [3.8, 4) is 6.07 Å². The Balaban J connectivity index is 3.00. The third kappa shape index (κ3) is 3.53. The van der Waals surface area contributed by atoms with Gasteiger partial charge < -0.3 is 4.90 Å². The molecule has 0 aliphatic heterocycles. The second-order valence-electron chi connectivity index (χ2n) is 3.51. The van der Waals surface area contributed by atoms with Crippen molar-refractivity contribution >= 4 is 21.8 Å². The van der Waals surface area contributed by atoms with Crippen LogP contribution in [-0.4, -0.2) is 23.9 Å². The van der Waals surface area contributed by atoms with Gasteiger partial charge in [0.2, 0.25) is 0 Å². The van der Waals surface area contributed by atoms with E-state index in [1.54, 1.807) is 0 Å². The van der Waals surface area contributed by atoms with Gasteiger partial charge in [0.15, 0.2) is 0 Å². The van der Waals surface area contributed by atoms with Gasteiger partial charge in [0, 0.05) is 11.0 Å². The molecule has 3 nitrogen and oxygen atoms in total. The van der Waals surface area contributed by atoms with E-state index in [2.05, 4.69) is 15.9 Å². The molecule has 1 aromatic carbocycles. The van der Waals surface area contributed by atoms with Gasteiger partial charge in [0.1, 0.15) is 12.4 Å². The zero-order valence-corrected chi connectivity index (χ0v) is 11.0. The number of rotatable bonds is 4. The third-order valence-electron chi connectivity index (χ3n) is 2.20. The van der Waals surface area contributed by atoms with Crippen LogP contribution in [0.3, 0.4) is 0 Å². The van der Waals surface area contributed by atoms with Gasteiger partial charge in [-0.1, -0.05) is 6.92 Å². The lowest BCUT2D eigenvalue weighted by Gasteiger charge is -2.19. The summed E-state index contributed by atoms with van der Waals surface area (Å²) < 4.78 is 13.6. The largest absolute Gasteiger partial charge is 0.325 e. The standard InChI is InChI=1S/C12H12BrFN2O/c1-2-6-16(7-5-15)12(17)10-8-9(14)3-4-11(10)13/h3-4,8H,2,6-7H2,1H3. The molecule has 1 rings (SSSR count). The van der Waals surface area contributed by atoms with Crippen LogP contribution in [0, 0.1) is 17.1 Å². The summed E-state index contributed by atoms with van der Waals surface area (Å²) in [4.78, 5) is 13.5. The number of hydrogen-bond donors (Lipinski definition) is 0. The van der Waals surface area contributed by atoms with Crippen LogP contribution in [0.4, 0.5) is 4.39 Å². The second kappa shape index (κ2) is 6.36. The van der Waals surface area contributed by atoms with Crippen LogP contribution < -0.4 is 0 Å². The zero-order chi connectivity index (χ0) is 12.8. The first-order chi connectivity index (χ1) is 8.10. The van der Waals surface area contributed by atoms with Crippen molar-refractivity contribution in [2.24, 2.45) is 0 Å². The fourth-order valence-corrected chi connectivity index (χ4v) is 1.86. The number of carbonyl (C=O) groups is 1.